The van der Waals surface area contributed by atoms with E-state index in [0.29, 0.717) is 5.91 Å². The van der Waals surface area contributed by atoms with Crippen molar-refractivity contribution in [3.63, 3.8) is 0 Å². The number of carbonyl (C=O) groups excluding carboxylic acids is 1. The van der Waals surface area contributed by atoms with Crippen molar-refractivity contribution in [2.75, 3.05) is 33.2 Å². The van der Waals surface area contributed by atoms with Crippen molar-refractivity contribution >= 4 is 5.91 Å². The van der Waals surface area contributed by atoms with E-state index in [1.165, 1.54) is 44.1 Å². The van der Waals surface area contributed by atoms with Gasteiger partial charge in [0.1, 0.15) is 6.54 Å². The molecule has 1 saturated heterocycles. The van der Waals surface area contributed by atoms with Crippen LogP contribution < -0.4 is 17.0 Å². The molecule has 0 aliphatic carbocycles. The van der Waals surface area contributed by atoms with Crippen molar-refractivity contribution in [3.05, 3.63) is 35.9 Å². The van der Waals surface area contributed by atoms with Gasteiger partial charge < -0.3 is 26.4 Å². The molecule has 3 nitrogen and oxygen atoms in total. The molecule has 1 fully saturated rings. The third-order valence-electron chi connectivity index (χ3n) is 5.57. The smallest absolute Gasteiger partial charge is 0.222 e. The summed E-state index contributed by atoms with van der Waals surface area (Å²) in [5.74, 6) is 0.375. The van der Waals surface area contributed by atoms with Gasteiger partial charge in [0.2, 0.25) is 5.91 Å². The molecule has 1 aliphatic heterocycles. The Bertz CT molecular complexity index is 498. The van der Waals surface area contributed by atoms with Gasteiger partial charge in [0.05, 0.1) is 33.2 Å². The first-order valence-electron chi connectivity index (χ1n) is 10.3. The first-order valence-corrected chi connectivity index (χ1v) is 10.3. The minimum Gasteiger partial charge on any atom is -1.00 e. The maximum Gasteiger partial charge on any atom is 0.222 e. The van der Waals surface area contributed by atoms with Crippen LogP contribution in [-0.2, 0) is 11.3 Å². The van der Waals surface area contributed by atoms with E-state index in [0.717, 1.165) is 50.0 Å². The van der Waals surface area contributed by atoms with Gasteiger partial charge in [-0.1, -0.05) is 75.8 Å². The molecule has 0 radical (unpaired) electrons. The Morgan fingerprint density at radius 2 is 1.54 bits per heavy atom. The summed E-state index contributed by atoms with van der Waals surface area (Å²) in [4.78, 5) is 14.5. The fraction of sp³-hybridized carbons (Fsp3) is 0.682. The Labute approximate surface area is 171 Å². The number of hydrogen-bond acceptors (Lipinski definition) is 1. The molecule has 1 aliphatic rings. The number of piperazine rings is 1. The number of rotatable bonds is 10. The van der Waals surface area contributed by atoms with Crippen molar-refractivity contribution in [3.8, 4) is 0 Å². The number of benzene rings is 1. The molecular formula is C22H37BrN2O. The number of likely N-dealkylation sites (N-methyl/N-ethyl adjacent to an activating group) is 1. The molecule has 148 valence electrons. The van der Waals surface area contributed by atoms with Crippen LogP contribution in [0.3, 0.4) is 0 Å². The molecule has 0 unspecified atom stereocenters. The van der Waals surface area contributed by atoms with Crippen LogP contribution in [0.5, 0.6) is 0 Å². The second-order valence-corrected chi connectivity index (χ2v) is 7.96. The van der Waals surface area contributed by atoms with Crippen molar-refractivity contribution in [2.24, 2.45) is 0 Å². The average Bonchev–Trinajstić information content (AvgIpc) is 2.62. The van der Waals surface area contributed by atoms with Gasteiger partial charge in [-0.25, -0.2) is 0 Å². The number of halogens is 1. The summed E-state index contributed by atoms with van der Waals surface area (Å²) in [6.07, 6.45) is 9.66. The lowest BCUT2D eigenvalue weighted by Gasteiger charge is -2.42. The normalized spacial score (nSPS) is 16.2. The molecule has 0 atom stereocenters. The predicted molar refractivity (Wildman–Crippen MR) is 105 cm³/mol. The van der Waals surface area contributed by atoms with Crippen LogP contribution in [0, 0.1) is 0 Å². The lowest BCUT2D eigenvalue weighted by molar-refractivity contribution is -0.926. The maximum absolute atomic E-state index is 12.4. The molecule has 1 amide bonds. The van der Waals surface area contributed by atoms with Gasteiger partial charge >= 0.3 is 0 Å². The van der Waals surface area contributed by atoms with Gasteiger partial charge in [-0.3, -0.25) is 4.79 Å². The molecule has 2 rings (SSSR count). The Balaban J connectivity index is 0.00000338. The molecular weight excluding hydrogens is 388 g/mol. The van der Waals surface area contributed by atoms with Crippen molar-refractivity contribution in [1.29, 1.82) is 0 Å². The predicted octanol–water partition coefficient (Wildman–Crippen LogP) is 1.62. The fourth-order valence-electron chi connectivity index (χ4n) is 3.77. The van der Waals surface area contributed by atoms with Crippen LogP contribution in [-0.4, -0.2) is 48.5 Å². The number of unbranched alkanes of at least 4 members (excludes halogenated alkanes) is 6. The zero-order valence-corrected chi connectivity index (χ0v) is 18.3. The van der Waals surface area contributed by atoms with Crippen LogP contribution in [0.4, 0.5) is 0 Å². The second kappa shape index (κ2) is 12.5. The van der Waals surface area contributed by atoms with E-state index >= 15 is 0 Å². The van der Waals surface area contributed by atoms with E-state index in [4.69, 9.17) is 0 Å². The molecule has 0 saturated carbocycles. The van der Waals surface area contributed by atoms with E-state index in [1.807, 2.05) is 0 Å². The minimum absolute atomic E-state index is 0. The summed E-state index contributed by atoms with van der Waals surface area (Å²) >= 11 is 0. The van der Waals surface area contributed by atoms with Crippen LogP contribution in [0.15, 0.2) is 30.3 Å². The first-order chi connectivity index (χ1) is 12.1. The lowest BCUT2D eigenvalue weighted by Crippen LogP contribution is -3.00. The third-order valence-corrected chi connectivity index (χ3v) is 5.57. The fourth-order valence-corrected chi connectivity index (χ4v) is 3.77. The minimum atomic E-state index is 0. The summed E-state index contributed by atoms with van der Waals surface area (Å²) in [6, 6.07) is 10.7. The molecule has 1 heterocycles. The van der Waals surface area contributed by atoms with Gasteiger partial charge in [-0.05, 0) is 6.42 Å². The zero-order valence-electron chi connectivity index (χ0n) is 16.8. The second-order valence-electron chi connectivity index (χ2n) is 7.96. The highest BCUT2D eigenvalue weighted by Gasteiger charge is 2.30. The molecule has 0 N–H and O–H groups in total. The van der Waals surface area contributed by atoms with Crippen molar-refractivity contribution in [1.82, 2.24) is 4.90 Å². The van der Waals surface area contributed by atoms with Crippen LogP contribution in [0.25, 0.3) is 0 Å². The SMILES string of the molecule is CCCCCCCCCC(=O)N1CC[N+](C)(Cc2ccccc2)CC1.[Br-]. The van der Waals surface area contributed by atoms with E-state index in [-0.39, 0.29) is 17.0 Å². The van der Waals surface area contributed by atoms with Crippen LogP contribution >= 0.6 is 0 Å². The Morgan fingerprint density at radius 1 is 0.962 bits per heavy atom. The lowest BCUT2D eigenvalue weighted by atomic mass is 10.1. The topological polar surface area (TPSA) is 20.3 Å². The highest BCUT2D eigenvalue weighted by atomic mass is 79.9. The molecule has 1 aromatic rings. The quantitative estimate of drug-likeness (QED) is 0.412. The highest BCUT2D eigenvalue weighted by Crippen LogP contribution is 2.17. The number of hydrogen-bond donors (Lipinski definition) is 0. The monoisotopic (exact) mass is 424 g/mol. The summed E-state index contributed by atoms with van der Waals surface area (Å²) in [5, 5.41) is 0. The van der Waals surface area contributed by atoms with E-state index < -0.39 is 0 Å². The molecule has 26 heavy (non-hydrogen) atoms. The van der Waals surface area contributed by atoms with E-state index in [9.17, 15) is 4.79 Å². The number of amides is 1. The Kier molecular flexibility index (Phi) is 11.1. The Hall–Kier alpha value is -0.870. The molecule has 0 bridgehead atoms. The van der Waals surface area contributed by atoms with Crippen LogP contribution in [0.2, 0.25) is 0 Å². The van der Waals surface area contributed by atoms with Gasteiger partial charge in [-0.2, -0.15) is 0 Å². The third kappa shape index (κ3) is 8.22. The number of carbonyl (C=O) groups is 1. The van der Waals surface area contributed by atoms with E-state index in [1.54, 1.807) is 0 Å². The first kappa shape index (κ1) is 23.2. The maximum atomic E-state index is 12.4. The zero-order chi connectivity index (χ0) is 18.0. The largest absolute Gasteiger partial charge is 1.00 e. The standard InChI is InChI=1S/C22H37N2O.BrH/c1-3-4-5-6-7-8-12-15-22(25)23-16-18-24(2,19-17-23)20-21-13-10-9-11-14-21;/h9-11,13-14H,3-8,12,15-20H2,1-2H3;1H/q+1;/p-1. The van der Waals surface area contributed by atoms with Gasteiger partial charge in [0.25, 0.3) is 0 Å². The summed E-state index contributed by atoms with van der Waals surface area (Å²) in [7, 11) is 2.32. The molecule has 1 aromatic carbocycles. The number of quaternary nitrogens is 1. The van der Waals surface area contributed by atoms with Crippen molar-refractivity contribution < 1.29 is 26.3 Å². The molecule has 0 aromatic heterocycles. The molecule has 0 spiro atoms. The van der Waals surface area contributed by atoms with Gasteiger partial charge in [0, 0.05) is 12.0 Å². The Morgan fingerprint density at radius 3 is 2.15 bits per heavy atom. The van der Waals surface area contributed by atoms with Gasteiger partial charge in [0.15, 0.2) is 0 Å². The summed E-state index contributed by atoms with van der Waals surface area (Å²) in [6.45, 7) is 7.29. The highest BCUT2D eigenvalue weighted by molar-refractivity contribution is 5.76. The van der Waals surface area contributed by atoms with E-state index in [2.05, 4.69) is 49.2 Å². The van der Waals surface area contributed by atoms with Crippen LogP contribution in [0.1, 0.15) is 63.9 Å². The number of nitrogens with zero attached hydrogens (tertiary/aromatic N) is 2. The van der Waals surface area contributed by atoms with Gasteiger partial charge in [-0.15, -0.1) is 0 Å². The average molecular weight is 425 g/mol. The summed E-state index contributed by atoms with van der Waals surface area (Å²) < 4.78 is 1.05. The summed E-state index contributed by atoms with van der Waals surface area (Å²) in [5.41, 5.74) is 1.40. The van der Waals surface area contributed by atoms with Crippen molar-refractivity contribution in [2.45, 2.75) is 64.8 Å². The molecule has 4 heteroatoms.